The van der Waals surface area contributed by atoms with E-state index in [4.69, 9.17) is 0 Å². The fourth-order valence-electron chi connectivity index (χ4n) is 3.05. The van der Waals surface area contributed by atoms with E-state index in [1.165, 1.54) is 16.9 Å². The number of nitrogens with one attached hydrogen (secondary N) is 1. The van der Waals surface area contributed by atoms with E-state index in [9.17, 15) is 14.9 Å². The van der Waals surface area contributed by atoms with E-state index in [0.29, 0.717) is 29.2 Å². The van der Waals surface area contributed by atoms with Crippen LogP contribution < -0.4 is 5.43 Å². The summed E-state index contributed by atoms with van der Waals surface area (Å²) < 4.78 is 0. The van der Waals surface area contributed by atoms with Crippen molar-refractivity contribution in [2.75, 3.05) is 0 Å². The normalized spacial score (nSPS) is 11.2. The van der Waals surface area contributed by atoms with Crippen LogP contribution in [0.4, 0.5) is 5.69 Å². The Morgan fingerprint density at radius 2 is 1.79 bits per heavy atom. The zero-order valence-corrected chi connectivity index (χ0v) is 17.6. The van der Waals surface area contributed by atoms with Gasteiger partial charge in [-0.15, -0.1) is 10.2 Å². The number of nitro benzene ring substituents is 1. The summed E-state index contributed by atoms with van der Waals surface area (Å²) in [5.74, 6) is 0.153. The third-order valence-corrected chi connectivity index (χ3v) is 4.82. The maximum absolute atomic E-state index is 12.4. The summed E-state index contributed by atoms with van der Waals surface area (Å²) >= 11 is 0. The largest absolute Gasteiger partial charge is 0.271 e. The minimum Gasteiger partial charge on any atom is -0.267 e. The molecule has 0 saturated carbocycles. The molecule has 1 heterocycles. The average Bonchev–Trinajstić information content (AvgIpc) is 3.32. The van der Waals surface area contributed by atoms with Crippen LogP contribution in [0.5, 0.6) is 0 Å². The van der Waals surface area contributed by atoms with Gasteiger partial charge in [0, 0.05) is 28.8 Å². The van der Waals surface area contributed by atoms with Crippen molar-refractivity contribution in [3.63, 3.8) is 0 Å². The van der Waals surface area contributed by atoms with Crippen LogP contribution in [0, 0.1) is 10.1 Å². The second-order valence-corrected chi connectivity index (χ2v) is 7.15. The number of rotatable bonds is 7. The summed E-state index contributed by atoms with van der Waals surface area (Å²) in [6.07, 6.45) is 0. The lowest BCUT2D eigenvalue weighted by Crippen LogP contribution is -2.19. The zero-order valence-electron chi connectivity index (χ0n) is 17.6. The second kappa shape index (κ2) is 9.60. The number of carbonyl (C=O) groups excluding carboxylic acids is 1. The van der Waals surface area contributed by atoms with Crippen molar-refractivity contribution in [1.82, 2.24) is 25.6 Å². The molecule has 0 fully saturated rings. The van der Waals surface area contributed by atoms with Crippen LogP contribution in [0.25, 0.3) is 11.4 Å². The monoisotopic (exact) mass is 441 g/mol. The molecule has 0 aliphatic carbocycles. The third kappa shape index (κ3) is 5.31. The zero-order chi connectivity index (χ0) is 23.2. The van der Waals surface area contributed by atoms with Gasteiger partial charge in [-0.05, 0) is 29.8 Å². The highest BCUT2D eigenvalue weighted by Gasteiger charge is 2.10. The molecular formula is C23H19N7O3. The minimum absolute atomic E-state index is 0.0401. The number of benzene rings is 3. The lowest BCUT2D eigenvalue weighted by atomic mass is 10.1. The van der Waals surface area contributed by atoms with Gasteiger partial charge in [0.2, 0.25) is 5.82 Å². The number of carbonyl (C=O) groups is 1. The van der Waals surface area contributed by atoms with Gasteiger partial charge < -0.3 is 0 Å². The molecule has 0 unspecified atom stereocenters. The number of nitrogens with zero attached hydrogens (tertiary/aromatic N) is 6. The highest BCUT2D eigenvalue weighted by atomic mass is 16.6. The Balaban J connectivity index is 1.38. The number of aromatic nitrogens is 4. The highest BCUT2D eigenvalue weighted by molar-refractivity contribution is 6.01. The van der Waals surface area contributed by atoms with Gasteiger partial charge in [0.1, 0.15) is 0 Å². The summed E-state index contributed by atoms with van der Waals surface area (Å²) in [6, 6.07) is 22.6. The van der Waals surface area contributed by atoms with Crippen LogP contribution in [-0.4, -0.2) is 36.7 Å². The third-order valence-electron chi connectivity index (χ3n) is 4.82. The van der Waals surface area contributed by atoms with Crippen LogP contribution in [0.2, 0.25) is 0 Å². The standard InChI is InChI=1S/C23H19N7O3/c1-16(20-8-5-9-21(14-20)30(32)33)24-26-23(31)19-12-10-17(11-13-19)15-29-27-22(25-28-29)18-6-3-2-4-7-18/h2-14H,15H2,1H3,(H,26,31)/b24-16+. The molecule has 0 aliphatic rings. The predicted molar refractivity (Wildman–Crippen MR) is 122 cm³/mol. The number of non-ortho nitro benzene ring substituents is 1. The minimum atomic E-state index is -0.478. The van der Waals surface area contributed by atoms with Crippen LogP contribution in [0.1, 0.15) is 28.4 Å². The van der Waals surface area contributed by atoms with Crippen LogP contribution in [-0.2, 0) is 6.54 Å². The maximum atomic E-state index is 12.4. The van der Waals surface area contributed by atoms with E-state index in [1.807, 2.05) is 30.3 Å². The first-order valence-electron chi connectivity index (χ1n) is 10.0. The van der Waals surface area contributed by atoms with Crippen LogP contribution >= 0.6 is 0 Å². The molecule has 1 aromatic heterocycles. The number of hydrogen-bond donors (Lipinski definition) is 1. The summed E-state index contributed by atoms with van der Waals surface area (Å²) in [5.41, 5.74) is 5.65. The molecule has 4 aromatic rings. The van der Waals surface area contributed by atoms with Gasteiger partial charge in [0.05, 0.1) is 17.2 Å². The Labute approximate surface area is 188 Å². The second-order valence-electron chi connectivity index (χ2n) is 7.15. The summed E-state index contributed by atoms with van der Waals surface area (Å²) in [5, 5.41) is 27.5. The van der Waals surface area contributed by atoms with E-state index < -0.39 is 10.8 Å². The molecular weight excluding hydrogens is 422 g/mol. The Bertz CT molecular complexity index is 1320. The molecule has 0 radical (unpaired) electrons. The number of hydrogen-bond acceptors (Lipinski definition) is 7. The molecule has 0 saturated heterocycles. The molecule has 0 atom stereocenters. The summed E-state index contributed by atoms with van der Waals surface area (Å²) in [4.78, 5) is 24.4. The Hall–Kier alpha value is -4.73. The lowest BCUT2D eigenvalue weighted by molar-refractivity contribution is -0.384. The van der Waals surface area contributed by atoms with Gasteiger partial charge in [-0.2, -0.15) is 9.90 Å². The molecule has 0 bridgehead atoms. The van der Waals surface area contributed by atoms with Crippen molar-refractivity contribution in [2.24, 2.45) is 5.10 Å². The summed E-state index contributed by atoms with van der Waals surface area (Å²) in [6.45, 7) is 2.07. The van der Waals surface area contributed by atoms with E-state index >= 15 is 0 Å². The van der Waals surface area contributed by atoms with Gasteiger partial charge in [-0.1, -0.05) is 54.6 Å². The van der Waals surface area contributed by atoms with Gasteiger partial charge in [0.25, 0.3) is 11.6 Å². The van der Waals surface area contributed by atoms with Gasteiger partial charge >= 0.3 is 0 Å². The van der Waals surface area contributed by atoms with Gasteiger partial charge in [-0.25, -0.2) is 5.43 Å². The van der Waals surface area contributed by atoms with E-state index in [-0.39, 0.29) is 5.69 Å². The Morgan fingerprint density at radius 1 is 1.03 bits per heavy atom. The first kappa shape index (κ1) is 21.5. The topological polar surface area (TPSA) is 128 Å². The van der Waals surface area contributed by atoms with Crippen molar-refractivity contribution in [3.05, 3.63) is 106 Å². The van der Waals surface area contributed by atoms with E-state index in [2.05, 4.69) is 25.9 Å². The lowest BCUT2D eigenvalue weighted by Gasteiger charge is -2.05. The van der Waals surface area contributed by atoms with Crippen molar-refractivity contribution in [1.29, 1.82) is 0 Å². The Kier molecular flexibility index (Phi) is 6.26. The highest BCUT2D eigenvalue weighted by Crippen LogP contribution is 2.14. The van der Waals surface area contributed by atoms with Gasteiger partial charge in [0.15, 0.2) is 0 Å². The van der Waals surface area contributed by atoms with Gasteiger partial charge in [-0.3, -0.25) is 14.9 Å². The average molecular weight is 441 g/mol. The molecule has 164 valence electrons. The van der Waals surface area contributed by atoms with Crippen molar-refractivity contribution >= 4 is 17.3 Å². The first-order valence-corrected chi connectivity index (χ1v) is 10.0. The quantitative estimate of drug-likeness (QED) is 0.266. The fourth-order valence-corrected chi connectivity index (χ4v) is 3.05. The molecule has 10 heteroatoms. The predicted octanol–water partition coefficient (Wildman–Crippen LogP) is 3.45. The van der Waals surface area contributed by atoms with E-state index in [1.54, 1.807) is 43.3 Å². The molecule has 3 aromatic carbocycles. The molecule has 0 aliphatic heterocycles. The molecule has 33 heavy (non-hydrogen) atoms. The molecule has 0 spiro atoms. The van der Waals surface area contributed by atoms with Crippen molar-refractivity contribution in [3.8, 4) is 11.4 Å². The number of tetrazole rings is 1. The van der Waals surface area contributed by atoms with Crippen molar-refractivity contribution in [2.45, 2.75) is 13.5 Å². The van der Waals surface area contributed by atoms with Crippen LogP contribution in [0.15, 0.2) is 84.0 Å². The fraction of sp³-hybridized carbons (Fsp3) is 0.0870. The maximum Gasteiger partial charge on any atom is 0.271 e. The SMILES string of the molecule is C/C(=N\NC(=O)c1ccc(Cn2nnc(-c3ccccc3)n2)cc1)c1cccc([N+](=O)[O-])c1. The number of nitro groups is 1. The van der Waals surface area contributed by atoms with Crippen LogP contribution in [0.3, 0.4) is 0 Å². The molecule has 4 rings (SSSR count). The number of amides is 1. The molecule has 10 nitrogen and oxygen atoms in total. The smallest absolute Gasteiger partial charge is 0.267 e. The summed E-state index contributed by atoms with van der Waals surface area (Å²) in [7, 11) is 0. The van der Waals surface area contributed by atoms with E-state index in [0.717, 1.165) is 11.1 Å². The molecule has 1 amide bonds. The number of hydrazone groups is 1. The Morgan fingerprint density at radius 3 is 2.52 bits per heavy atom. The first-order chi connectivity index (χ1) is 16.0. The van der Waals surface area contributed by atoms with Crippen molar-refractivity contribution < 1.29 is 9.72 Å². The molecule has 1 N–H and O–H groups in total.